The number of carbonyl (C=O) groups is 3. The number of anilines is 1. The summed E-state index contributed by atoms with van der Waals surface area (Å²) in [6.45, 7) is 0.903. The van der Waals surface area contributed by atoms with Crippen LogP contribution in [-0.4, -0.2) is 72.1 Å². The molecule has 3 amide bonds. The van der Waals surface area contributed by atoms with Crippen molar-refractivity contribution >= 4 is 23.6 Å². The number of benzene rings is 1. The van der Waals surface area contributed by atoms with Crippen molar-refractivity contribution in [2.45, 2.75) is 37.8 Å². The molecule has 2 aliphatic rings. The highest BCUT2D eigenvalue weighted by Crippen LogP contribution is 2.33. The fourth-order valence-electron chi connectivity index (χ4n) is 3.39. The van der Waals surface area contributed by atoms with Crippen LogP contribution in [0.2, 0.25) is 0 Å². The summed E-state index contributed by atoms with van der Waals surface area (Å²) in [5.74, 6) is -0.353. The number of nitrogens with one attached hydrogen (secondary N) is 2. The standard InChI is InChI=1S/C20H28N4O4/c1-23(2)20(28)22-15-5-3-4-14(8-15)19(27)21-16-9-17(10-16)24(12-18(25)26)11-13-6-7-13/h3-5,8,13,16-17H,6-7,9-12H2,1-2H3,(H,21,27)(H,22,28)(H,25,26). The van der Waals surface area contributed by atoms with Gasteiger partial charge in [-0.05, 0) is 49.8 Å². The van der Waals surface area contributed by atoms with Gasteiger partial charge in [0.1, 0.15) is 0 Å². The van der Waals surface area contributed by atoms with Crippen molar-refractivity contribution in [2.24, 2.45) is 5.92 Å². The molecule has 0 aromatic heterocycles. The maximum atomic E-state index is 12.5. The lowest BCUT2D eigenvalue weighted by Gasteiger charge is -2.42. The van der Waals surface area contributed by atoms with Crippen molar-refractivity contribution < 1.29 is 19.5 Å². The van der Waals surface area contributed by atoms with Gasteiger partial charge in [-0.1, -0.05) is 6.07 Å². The summed E-state index contributed by atoms with van der Waals surface area (Å²) in [5.41, 5.74) is 1.05. The van der Waals surface area contributed by atoms with E-state index in [4.69, 9.17) is 5.11 Å². The minimum Gasteiger partial charge on any atom is -0.480 e. The van der Waals surface area contributed by atoms with E-state index in [-0.39, 0.29) is 30.6 Å². The monoisotopic (exact) mass is 388 g/mol. The molecule has 0 radical (unpaired) electrons. The SMILES string of the molecule is CN(C)C(=O)Nc1cccc(C(=O)NC2CC(N(CC(=O)O)CC3CC3)C2)c1. The van der Waals surface area contributed by atoms with E-state index < -0.39 is 5.97 Å². The summed E-state index contributed by atoms with van der Waals surface area (Å²) >= 11 is 0. The Balaban J connectivity index is 1.50. The van der Waals surface area contributed by atoms with Crippen LogP contribution in [0.5, 0.6) is 0 Å². The number of carboxylic acids is 1. The van der Waals surface area contributed by atoms with Crippen LogP contribution in [0.15, 0.2) is 24.3 Å². The van der Waals surface area contributed by atoms with E-state index in [1.165, 1.54) is 17.7 Å². The molecule has 0 aliphatic heterocycles. The zero-order chi connectivity index (χ0) is 20.3. The van der Waals surface area contributed by atoms with Crippen LogP contribution in [0, 0.1) is 5.92 Å². The van der Waals surface area contributed by atoms with Crippen molar-refractivity contribution in [3.05, 3.63) is 29.8 Å². The first-order chi connectivity index (χ1) is 13.3. The zero-order valence-electron chi connectivity index (χ0n) is 16.4. The normalized spacial score (nSPS) is 21.0. The fourth-order valence-corrected chi connectivity index (χ4v) is 3.39. The van der Waals surface area contributed by atoms with E-state index in [9.17, 15) is 14.4 Å². The highest BCUT2D eigenvalue weighted by atomic mass is 16.4. The lowest BCUT2D eigenvalue weighted by molar-refractivity contribution is -0.139. The predicted octanol–water partition coefficient (Wildman–Crippen LogP) is 1.84. The van der Waals surface area contributed by atoms with Gasteiger partial charge in [-0.15, -0.1) is 0 Å². The largest absolute Gasteiger partial charge is 0.480 e. The quantitative estimate of drug-likeness (QED) is 0.631. The second-order valence-electron chi connectivity index (χ2n) is 7.97. The van der Waals surface area contributed by atoms with Crippen LogP contribution >= 0.6 is 0 Å². The van der Waals surface area contributed by atoms with E-state index in [0.717, 1.165) is 19.4 Å². The number of hydrogen-bond donors (Lipinski definition) is 3. The Morgan fingerprint density at radius 3 is 2.50 bits per heavy atom. The molecule has 28 heavy (non-hydrogen) atoms. The third kappa shape index (κ3) is 5.45. The van der Waals surface area contributed by atoms with Gasteiger partial charge in [0, 0.05) is 44.0 Å². The Labute approximate surface area is 164 Å². The Hall–Kier alpha value is -2.61. The Kier molecular flexibility index (Phi) is 6.18. The zero-order valence-corrected chi connectivity index (χ0v) is 16.4. The van der Waals surface area contributed by atoms with Crippen molar-refractivity contribution in [1.82, 2.24) is 15.1 Å². The highest BCUT2D eigenvalue weighted by molar-refractivity contribution is 5.97. The molecule has 152 valence electrons. The van der Waals surface area contributed by atoms with Crippen LogP contribution in [0.3, 0.4) is 0 Å². The average molecular weight is 388 g/mol. The van der Waals surface area contributed by atoms with Gasteiger partial charge in [0.05, 0.1) is 6.54 Å². The predicted molar refractivity (Wildman–Crippen MR) is 105 cm³/mol. The van der Waals surface area contributed by atoms with E-state index in [0.29, 0.717) is 17.2 Å². The second kappa shape index (κ2) is 8.60. The molecule has 1 aromatic rings. The van der Waals surface area contributed by atoms with Gasteiger partial charge in [0.2, 0.25) is 0 Å². The summed E-state index contributed by atoms with van der Waals surface area (Å²) in [5, 5.41) is 14.9. The van der Waals surface area contributed by atoms with Crippen molar-refractivity contribution in [2.75, 3.05) is 32.5 Å². The number of rotatable bonds is 8. The van der Waals surface area contributed by atoms with E-state index in [2.05, 4.69) is 10.6 Å². The van der Waals surface area contributed by atoms with Crippen molar-refractivity contribution in [1.29, 1.82) is 0 Å². The molecule has 0 atom stereocenters. The van der Waals surface area contributed by atoms with Crippen molar-refractivity contribution in [3.63, 3.8) is 0 Å². The van der Waals surface area contributed by atoms with Crippen LogP contribution in [0.25, 0.3) is 0 Å². The number of amides is 3. The summed E-state index contributed by atoms with van der Waals surface area (Å²) in [6, 6.07) is 6.83. The third-order valence-corrected chi connectivity index (χ3v) is 5.27. The maximum Gasteiger partial charge on any atom is 0.321 e. The van der Waals surface area contributed by atoms with Gasteiger partial charge >= 0.3 is 12.0 Å². The molecular weight excluding hydrogens is 360 g/mol. The molecule has 0 bridgehead atoms. The summed E-state index contributed by atoms with van der Waals surface area (Å²) < 4.78 is 0. The number of aliphatic carboxylic acids is 1. The summed E-state index contributed by atoms with van der Waals surface area (Å²) in [7, 11) is 3.30. The molecule has 0 saturated heterocycles. The number of urea groups is 1. The molecule has 1 aromatic carbocycles. The summed E-state index contributed by atoms with van der Waals surface area (Å²) in [4.78, 5) is 38.8. The van der Waals surface area contributed by atoms with Gasteiger partial charge in [-0.25, -0.2) is 4.79 Å². The number of carbonyl (C=O) groups excluding carboxylic acids is 2. The molecule has 3 rings (SSSR count). The van der Waals surface area contributed by atoms with Crippen molar-refractivity contribution in [3.8, 4) is 0 Å². The highest BCUT2D eigenvalue weighted by Gasteiger charge is 2.37. The molecule has 2 saturated carbocycles. The lowest BCUT2D eigenvalue weighted by atomic mass is 9.85. The first kappa shape index (κ1) is 20.1. The van der Waals surface area contributed by atoms with Crippen LogP contribution < -0.4 is 10.6 Å². The molecule has 2 fully saturated rings. The van der Waals surface area contributed by atoms with E-state index in [1.54, 1.807) is 38.4 Å². The second-order valence-corrected chi connectivity index (χ2v) is 7.97. The number of hydrogen-bond acceptors (Lipinski definition) is 4. The minimum absolute atomic E-state index is 0.0491. The van der Waals surface area contributed by atoms with Gasteiger partial charge < -0.3 is 20.6 Å². The lowest BCUT2D eigenvalue weighted by Crippen LogP contribution is -2.55. The minimum atomic E-state index is -0.801. The van der Waals surface area contributed by atoms with Gasteiger partial charge in [-0.3, -0.25) is 14.5 Å². The topological polar surface area (TPSA) is 102 Å². The van der Waals surface area contributed by atoms with Gasteiger partial charge in [-0.2, -0.15) is 0 Å². The molecule has 0 heterocycles. The smallest absolute Gasteiger partial charge is 0.321 e. The Bertz CT molecular complexity index is 741. The first-order valence-electron chi connectivity index (χ1n) is 9.67. The fraction of sp³-hybridized carbons (Fsp3) is 0.550. The van der Waals surface area contributed by atoms with Crippen LogP contribution in [-0.2, 0) is 4.79 Å². The van der Waals surface area contributed by atoms with Gasteiger partial charge in [0.25, 0.3) is 5.91 Å². The molecule has 0 spiro atoms. The summed E-state index contributed by atoms with van der Waals surface area (Å²) in [6.07, 6.45) is 3.90. The Morgan fingerprint density at radius 2 is 1.89 bits per heavy atom. The van der Waals surface area contributed by atoms with Gasteiger partial charge in [0.15, 0.2) is 0 Å². The molecule has 3 N–H and O–H groups in total. The molecule has 0 unspecified atom stereocenters. The van der Waals surface area contributed by atoms with Crippen LogP contribution in [0.4, 0.5) is 10.5 Å². The van der Waals surface area contributed by atoms with E-state index >= 15 is 0 Å². The third-order valence-electron chi connectivity index (χ3n) is 5.27. The number of nitrogens with zero attached hydrogens (tertiary/aromatic N) is 2. The number of carboxylic acid groups (broad SMARTS) is 1. The molecule has 8 nitrogen and oxygen atoms in total. The molecule has 2 aliphatic carbocycles. The molecular formula is C20H28N4O4. The Morgan fingerprint density at radius 1 is 1.18 bits per heavy atom. The average Bonchev–Trinajstić information content (AvgIpc) is 3.40. The first-order valence-corrected chi connectivity index (χ1v) is 9.67. The van der Waals surface area contributed by atoms with E-state index in [1.807, 2.05) is 4.90 Å². The molecule has 8 heteroatoms. The van der Waals surface area contributed by atoms with Crippen LogP contribution in [0.1, 0.15) is 36.0 Å². The maximum absolute atomic E-state index is 12.5.